The molecule has 0 bridgehead atoms. The van der Waals surface area contributed by atoms with Crippen molar-refractivity contribution in [3.63, 3.8) is 0 Å². The highest BCUT2D eigenvalue weighted by molar-refractivity contribution is 7.89. The molecule has 0 saturated heterocycles. The van der Waals surface area contributed by atoms with E-state index < -0.39 is 10.0 Å². The molecule has 0 unspecified atom stereocenters. The monoisotopic (exact) mass is 294 g/mol. The van der Waals surface area contributed by atoms with Gasteiger partial charge in [0, 0.05) is 12.2 Å². The fourth-order valence-electron chi connectivity index (χ4n) is 1.97. The maximum absolute atomic E-state index is 12.6. The van der Waals surface area contributed by atoms with E-state index in [-0.39, 0.29) is 11.4 Å². The van der Waals surface area contributed by atoms with Gasteiger partial charge in [0.25, 0.3) is 0 Å². The first-order chi connectivity index (χ1) is 9.45. The Balaban J connectivity index is 2.31. The van der Waals surface area contributed by atoms with Gasteiger partial charge in [-0.3, -0.25) is 10.1 Å². The van der Waals surface area contributed by atoms with Crippen LogP contribution in [0.4, 0.5) is 0 Å². The first kappa shape index (κ1) is 14.7. The lowest BCUT2D eigenvalue weighted by Crippen LogP contribution is -2.31. The Labute approximate surface area is 118 Å². The van der Waals surface area contributed by atoms with E-state index in [9.17, 15) is 8.42 Å². The molecule has 108 valence electrons. The van der Waals surface area contributed by atoms with Crippen LogP contribution >= 0.6 is 0 Å². The third-order valence-electron chi connectivity index (χ3n) is 3.04. The summed E-state index contributed by atoms with van der Waals surface area (Å²) in [6.07, 6.45) is 1.34. The molecule has 0 aromatic carbocycles. The zero-order valence-electron chi connectivity index (χ0n) is 11.8. The standard InChI is InChI=1S/C13H18N4O2S/c1-4-17(9-12-7-5-6-10(2)15-12)20(18,19)13-8-14-16-11(13)3/h5-8H,4,9H2,1-3H3,(H,14,16). The lowest BCUT2D eigenvalue weighted by atomic mass is 10.3. The summed E-state index contributed by atoms with van der Waals surface area (Å²) in [5.41, 5.74) is 2.15. The molecular formula is C13H18N4O2S. The molecule has 20 heavy (non-hydrogen) atoms. The van der Waals surface area contributed by atoms with Gasteiger partial charge >= 0.3 is 0 Å². The molecule has 1 N–H and O–H groups in total. The zero-order valence-corrected chi connectivity index (χ0v) is 12.6. The van der Waals surface area contributed by atoms with Crippen LogP contribution in [-0.4, -0.2) is 34.4 Å². The number of nitrogens with one attached hydrogen (secondary N) is 1. The second-order valence-electron chi connectivity index (χ2n) is 4.56. The Morgan fingerprint density at radius 3 is 2.60 bits per heavy atom. The number of H-pyrrole nitrogens is 1. The Morgan fingerprint density at radius 1 is 1.30 bits per heavy atom. The minimum atomic E-state index is -3.55. The SMILES string of the molecule is CCN(Cc1cccc(C)n1)S(=O)(=O)c1cn[nH]c1C. The number of rotatable bonds is 5. The second-order valence-corrected chi connectivity index (χ2v) is 6.47. The van der Waals surface area contributed by atoms with Crippen molar-refractivity contribution in [3.05, 3.63) is 41.5 Å². The van der Waals surface area contributed by atoms with Crippen LogP contribution in [0.3, 0.4) is 0 Å². The van der Waals surface area contributed by atoms with Gasteiger partial charge in [0.05, 0.1) is 24.1 Å². The molecule has 0 aliphatic rings. The molecule has 0 amide bonds. The van der Waals surface area contributed by atoms with Gasteiger partial charge in [-0.1, -0.05) is 13.0 Å². The molecule has 2 rings (SSSR count). The molecule has 2 heterocycles. The van der Waals surface area contributed by atoms with Crippen LogP contribution in [0, 0.1) is 13.8 Å². The molecule has 0 fully saturated rings. The van der Waals surface area contributed by atoms with E-state index in [4.69, 9.17) is 0 Å². The van der Waals surface area contributed by atoms with E-state index in [0.717, 1.165) is 11.4 Å². The molecular weight excluding hydrogens is 276 g/mol. The maximum Gasteiger partial charge on any atom is 0.246 e. The average Bonchev–Trinajstić information content (AvgIpc) is 2.83. The van der Waals surface area contributed by atoms with Crippen molar-refractivity contribution in [1.82, 2.24) is 19.5 Å². The minimum absolute atomic E-state index is 0.215. The summed E-state index contributed by atoms with van der Waals surface area (Å²) in [7, 11) is -3.55. The third-order valence-corrected chi connectivity index (χ3v) is 5.07. The fraction of sp³-hybridized carbons (Fsp3) is 0.385. The highest BCUT2D eigenvalue weighted by atomic mass is 32.2. The number of aryl methyl sites for hydroxylation is 2. The predicted molar refractivity (Wildman–Crippen MR) is 75.6 cm³/mol. The molecule has 0 saturated carbocycles. The summed E-state index contributed by atoms with van der Waals surface area (Å²) < 4.78 is 26.5. The van der Waals surface area contributed by atoms with Crippen LogP contribution in [0.25, 0.3) is 0 Å². The molecule has 0 aliphatic carbocycles. The first-order valence-electron chi connectivity index (χ1n) is 6.37. The van der Waals surface area contributed by atoms with Crippen molar-refractivity contribution in [2.75, 3.05) is 6.54 Å². The summed E-state index contributed by atoms with van der Waals surface area (Å²) in [4.78, 5) is 4.56. The maximum atomic E-state index is 12.6. The van der Waals surface area contributed by atoms with Gasteiger partial charge in [0.2, 0.25) is 10.0 Å². The Morgan fingerprint density at radius 2 is 2.05 bits per heavy atom. The predicted octanol–water partition coefficient (Wildman–Crippen LogP) is 1.63. The summed E-state index contributed by atoms with van der Waals surface area (Å²) in [6.45, 7) is 6.02. The van der Waals surface area contributed by atoms with Crippen LogP contribution in [0.5, 0.6) is 0 Å². The van der Waals surface area contributed by atoms with Crippen molar-refractivity contribution >= 4 is 10.0 Å². The van der Waals surface area contributed by atoms with Crippen molar-refractivity contribution in [2.45, 2.75) is 32.2 Å². The van der Waals surface area contributed by atoms with Gasteiger partial charge in [-0.05, 0) is 26.0 Å². The Hall–Kier alpha value is -1.73. The highest BCUT2D eigenvalue weighted by Crippen LogP contribution is 2.19. The molecule has 2 aromatic heterocycles. The molecule has 7 heteroatoms. The van der Waals surface area contributed by atoms with Crippen LogP contribution in [0.1, 0.15) is 24.0 Å². The highest BCUT2D eigenvalue weighted by Gasteiger charge is 2.26. The van der Waals surface area contributed by atoms with Crippen molar-refractivity contribution in [2.24, 2.45) is 0 Å². The van der Waals surface area contributed by atoms with Gasteiger partial charge in [-0.2, -0.15) is 9.40 Å². The minimum Gasteiger partial charge on any atom is -0.281 e. The second kappa shape index (κ2) is 5.72. The molecule has 0 radical (unpaired) electrons. The largest absolute Gasteiger partial charge is 0.281 e. The summed E-state index contributed by atoms with van der Waals surface area (Å²) in [5, 5.41) is 6.43. The molecule has 0 aliphatic heterocycles. The summed E-state index contributed by atoms with van der Waals surface area (Å²) in [5.74, 6) is 0. The summed E-state index contributed by atoms with van der Waals surface area (Å²) >= 11 is 0. The Bertz CT molecular complexity index is 694. The van der Waals surface area contributed by atoms with Crippen LogP contribution in [0.2, 0.25) is 0 Å². The van der Waals surface area contributed by atoms with E-state index in [1.54, 1.807) is 6.92 Å². The summed E-state index contributed by atoms with van der Waals surface area (Å²) in [6, 6.07) is 5.59. The number of hydrogen-bond donors (Lipinski definition) is 1. The van der Waals surface area contributed by atoms with Gasteiger partial charge < -0.3 is 0 Å². The Kier molecular flexibility index (Phi) is 4.20. The van der Waals surface area contributed by atoms with Crippen molar-refractivity contribution in [1.29, 1.82) is 0 Å². The van der Waals surface area contributed by atoms with Gasteiger partial charge in [0.1, 0.15) is 4.90 Å². The number of sulfonamides is 1. The van der Waals surface area contributed by atoms with E-state index in [1.165, 1.54) is 10.5 Å². The van der Waals surface area contributed by atoms with Crippen LogP contribution < -0.4 is 0 Å². The van der Waals surface area contributed by atoms with Gasteiger partial charge in [0.15, 0.2) is 0 Å². The molecule has 2 aromatic rings. The third kappa shape index (κ3) is 2.88. The fourth-order valence-corrected chi connectivity index (χ4v) is 3.51. The number of nitrogens with zero attached hydrogens (tertiary/aromatic N) is 3. The van der Waals surface area contributed by atoms with Crippen LogP contribution in [0.15, 0.2) is 29.3 Å². The topological polar surface area (TPSA) is 79.0 Å². The molecule has 6 nitrogen and oxygen atoms in total. The normalized spacial score (nSPS) is 12.0. The van der Waals surface area contributed by atoms with Crippen molar-refractivity contribution in [3.8, 4) is 0 Å². The lowest BCUT2D eigenvalue weighted by Gasteiger charge is -2.19. The average molecular weight is 294 g/mol. The number of aromatic amines is 1. The first-order valence-corrected chi connectivity index (χ1v) is 7.81. The molecule has 0 atom stereocenters. The quantitative estimate of drug-likeness (QED) is 0.909. The van der Waals surface area contributed by atoms with Crippen molar-refractivity contribution < 1.29 is 8.42 Å². The lowest BCUT2D eigenvalue weighted by molar-refractivity contribution is 0.418. The van der Waals surface area contributed by atoms with Gasteiger partial charge in [-0.25, -0.2) is 8.42 Å². The smallest absolute Gasteiger partial charge is 0.246 e. The van der Waals surface area contributed by atoms with Gasteiger partial charge in [-0.15, -0.1) is 0 Å². The van der Waals surface area contributed by atoms with E-state index in [0.29, 0.717) is 12.2 Å². The van der Waals surface area contributed by atoms with E-state index in [2.05, 4.69) is 15.2 Å². The van der Waals surface area contributed by atoms with E-state index >= 15 is 0 Å². The number of hydrogen-bond acceptors (Lipinski definition) is 4. The van der Waals surface area contributed by atoms with E-state index in [1.807, 2.05) is 32.0 Å². The number of aromatic nitrogens is 3. The zero-order chi connectivity index (χ0) is 14.8. The molecule has 0 spiro atoms. The number of pyridine rings is 1. The van der Waals surface area contributed by atoms with Crippen LogP contribution in [-0.2, 0) is 16.6 Å².